The maximum absolute atomic E-state index is 13.1. The van der Waals surface area contributed by atoms with E-state index in [-0.39, 0.29) is 35.6 Å². The molecule has 31 heavy (non-hydrogen) atoms. The summed E-state index contributed by atoms with van der Waals surface area (Å²) in [6.07, 6.45) is 0. The molecule has 6 heteroatoms. The van der Waals surface area contributed by atoms with E-state index in [4.69, 9.17) is 9.15 Å². The van der Waals surface area contributed by atoms with Gasteiger partial charge in [0.2, 0.25) is 5.43 Å². The molecule has 1 unspecified atom stereocenters. The fourth-order valence-electron chi connectivity index (χ4n) is 3.39. The van der Waals surface area contributed by atoms with Crippen molar-refractivity contribution in [1.29, 1.82) is 0 Å². The zero-order valence-corrected chi connectivity index (χ0v) is 17.0. The van der Waals surface area contributed by atoms with E-state index in [1.165, 1.54) is 24.3 Å². The zero-order chi connectivity index (χ0) is 21.8. The molecule has 1 aromatic heterocycles. The highest BCUT2D eigenvalue weighted by molar-refractivity contribution is 5.84. The average molecular weight is 419 g/mol. The maximum atomic E-state index is 13.1. The quantitative estimate of drug-likeness (QED) is 0.411. The third-order valence-corrected chi connectivity index (χ3v) is 5.08. The van der Waals surface area contributed by atoms with Crippen LogP contribution in [0.3, 0.4) is 0 Å². The lowest BCUT2D eigenvalue weighted by Gasteiger charge is -2.15. The van der Waals surface area contributed by atoms with E-state index < -0.39 is 0 Å². The molecule has 3 aromatic carbocycles. The molecule has 1 atom stereocenters. The van der Waals surface area contributed by atoms with Gasteiger partial charge in [-0.05, 0) is 54.4 Å². The van der Waals surface area contributed by atoms with E-state index in [1.54, 1.807) is 48.5 Å². The van der Waals surface area contributed by atoms with Crippen LogP contribution in [-0.2, 0) is 0 Å². The summed E-state index contributed by atoms with van der Waals surface area (Å²) in [6.45, 7) is 2.73. The molecule has 0 saturated carbocycles. The van der Waals surface area contributed by atoms with E-state index in [0.717, 1.165) is 5.56 Å². The summed E-state index contributed by atoms with van der Waals surface area (Å²) >= 11 is 0. The first-order valence-electron chi connectivity index (χ1n) is 10.00. The molecule has 0 aliphatic heterocycles. The van der Waals surface area contributed by atoms with Crippen LogP contribution in [0.15, 0.2) is 82.0 Å². The second kappa shape index (κ2) is 9.02. The fraction of sp³-hybridized carbons (Fsp3) is 0.160. The van der Waals surface area contributed by atoms with E-state index in [9.17, 15) is 14.3 Å². The van der Waals surface area contributed by atoms with Gasteiger partial charge in [0.25, 0.3) is 5.95 Å². The summed E-state index contributed by atoms with van der Waals surface area (Å²) in [6, 6.07) is 19.7. The number of hydrogen-bond donors (Lipinski definition) is 2. The van der Waals surface area contributed by atoms with E-state index in [0.29, 0.717) is 28.6 Å². The van der Waals surface area contributed by atoms with Gasteiger partial charge in [0.05, 0.1) is 5.39 Å². The number of rotatable bonds is 7. The maximum Gasteiger partial charge on any atom is 0.297 e. The van der Waals surface area contributed by atoms with Crippen molar-refractivity contribution in [2.75, 3.05) is 13.2 Å². The molecule has 1 heterocycles. The summed E-state index contributed by atoms with van der Waals surface area (Å²) < 4.78 is 24.9. The second-order valence-electron chi connectivity index (χ2n) is 7.21. The second-order valence-corrected chi connectivity index (χ2v) is 7.21. The molecule has 0 amide bonds. The van der Waals surface area contributed by atoms with Crippen LogP contribution < -0.4 is 15.5 Å². The third kappa shape index (κ3) is 4.59. The van der Waals surface area contributed by atoms with Crippen molar-refractivity contribution in [2.24, 2.45) is 0 Å². The number of hydrogen-bond acceptors (Lipinski definition) is 5. The highest BCUT2D eigenvalue weighted by Crippen LogP contribution is 2.31. The predicted octanol–water partition coefficient (Wildman–Crippen LogP) is 5.03. The normalized spacial score (nSPS) is 12.1. The van der Waals surface area contributed by atoms with Crippen LogP contribution in [0, 0.1) is 5.82 Å². The van der Waals surface area contributed by atoms with Crippen molar-refractivity contribution in [2.45, 2.75) is 13.0 Å². The monoisotopic (exact) mass is 419 g/mol. The van der Waals surface area contributed by atoms with Gasteiger partial charge in [-0.15, -0.1) is 0 Å². The van der Waals surface area contributed by atoms with E-state index in [1.807, 2.05) is 6.92 Å². The number of para-hydroxylation sites is 1. The highest BCUT2D eigenvalue weighted by atomic mass is 19.1. The van der Waals surface area contributed by atoms with Gasteiger partial charge in [-0.1, -0.05) is 36.4 Å². The molecule has 0 aliphatic carbocycles. The van der Waals surface area contributed by atoms with Gasteiger partial charge >= 0.3 is 0 Å². The smallest absolute Gasteiger partial charge is 0.297 e. The molecular formula is C25H22FNO4. The molecule has 0 fully saturated rings. The van der Waals surface area contributed by atoms with Crippen molar-refractivity contribution in [1.82, 2.24) is 5.32 Å². The van der Waals surface area contributed by atoms with Crippen molar-refractivity contribution < 1.29 is 18.7 Å². The van der Waals surface area contributed by atoms with Gasteiger partial charge in [-0.2, -0.15) is 0 Å². The van der Waals surface area contributed by atoms with Gasteiger partial charge < -0.3 is 19.6 Å². The minimum Gasteiger partial charge on any atom is -0.508 e. The first-order chi connectivity index (χ1) is 15.0. The van der Waals surface area contributed by atoms with Crippen molar-refractivity contribution in [3.8, 4) is 22.8 Å². The summed E-state index contributed by atoms with van der Waals surface area (Å²) in [5.74, 6) is -0.0339. The minimum atomic E-state index is -0.271. The van der Waals surface area contributed by atoms with Crippen LogP contribution in [0.5, 0.6) is 11.7 Å². The van der Waals surface area contributed by atoms with Crippen molar-refractivity contribution in [3.63, 3.8) is 0 Å². The molecule has 0 saturated heterocycles. The topological polar surface area (TPSA) is 71.7 Å². The lowest BCUT2D eigenvalue weighted by molar-refractivity contribution is 0.243. The van der Waals surface area contributed by atoms with Crippen LogP contribution in [0.25, 0.3) is 22.1 Å². The van der Waals surface area contributed by atoms with Crippen molar-refractivity contribution >= 4 is 11.0 Å². The van der Waals surface area contributed by atoms with Gasteiger partial charge in [-0.25, -0.2) is 4.39 Å². The molecule has 0 spiro atoms. The van der Waals surface area contributed by atoms with E-state index in [2.05, 4.69) is 5.32 Å². The van der Waals surface area contributed by atoms with Gasteiger partial charge in [-0.3, -0.25) is 4.79 Å². The third-order valence-electron chi connectivity index (χ3n) is 5.08. The van der Waals surface area contributed by atoms with Gasteiger partial charge in [0.1, 0.15) is 29.3 Å². The SMILES string of the molecule is CC(NCCOc1oc2ccccc2c(=O)c1-c1ccc(O)cc1)c1ccc(F)cc1. The summed E-state index contributed by atoms with van der Waals surface area (Å²) in [7, 11) is 0. The summed E-state index contributed by atoms with van der Waals surface area (Å²) in [4.78, 5) is 13.1. The van der Waals surface area contributed by atoms with Crippen LogP contribution in [0.1, 0.15) is 18.5 Å². The molecule has 2 N–H and O–H groups in total. The summed E-state index contributed by atoms with van der Waals surface area (Å²) in [5, 5.41) is 13.4. The standard InChI is InChI=1S/C25H22FNO4/c1-16(17-6-10-19(26)11-7-17)27-14-15-30-25-23(18-8-12-20(28)13-9-18)24(29)21-4-2-3-5-22(21)31-25/h2-13,16,27-28H,14-15H2,1H3. The van der Waals surface area contributed by atoms with Crippen LogP contribution in [0.2, 0.25) is 0 Å². The largest absolute Gasteiger partial charge is 0.508 e. The Morgan fingerprint density at radius 3 is 2.48 bits per heavy atom. The first-order valence-corrected chi connectivity index (χ1v) is 10.00. The molecular weight excluding hydrogens is 397 g/mol. The Bertz CT molecular complexity index is 1230. The molecule has 4 rings (SSSR count). The number of benzene rings is 3. The lowest BCUT2D eigenvalue weighted by Crippen LogP contribution is -2.24. The van der Waals surface area contributed by atoms with Crippen LogP contribution in [0.4, 0.5) is 4.39 Å². The molecule has 4 aromatic rings. The van der Waals surface area contributed by atoms with Gasteiger partial charge in [0, 0.05) is 12.6 Å². The predicted molar refractivity (Wildman–Crippen MR) is 118 cm³/mol. The van der Waals surface area contributed by atoms with Crippen LogP contribution >= 0.6 is 0 Å². The number of halogens is 1. The summed E-state index contributed by atoms with van der Waals surface area (Å²) in [5.41, 5.74) is 2.11. The number of nitrogens with one attached hydrogen (secondary N) is 1. The first kappa shape index (κ1) is 20.6. The molecule has 0 radical (unpaired) electrons. The average Bonchev–Trinajstić information content (AvgIpc) is 2.78. The number of ether oxygens (including phenoxy) is 1. The Morgan fingerprint density at radius 2 is 1.74 bits per heavy atom. The lowest BCUT2D eigenvalue weighted by atomic mass is 10.0. The molecule has 5 nitrogen and oxygen atoms in total. The Morgan fingerprint density at radius 1 is 1.03 bits per heavy atom. The Hall–Kier alpha value is -3.64. The van der Waals surface area contributed by atoms with Crippen molar-refractivity contribution in [3.05, 3.63) is 94.4 Å². The number of fused-ring (bicyclic) bond motifs is 1. The van der Waals surface area contributed by atoms with E-state index >= 15 is 0 Å². The Kier molecular flexibility index (Phi) is 6.00. The number of phenols is 1. The van der Waals surface area contributed by atoms with Crippen LogP contribution in [-0.4, -0.2) is 18.3 Å². The molecule has 158 valence electrons. The Labute approximate surface area is 178 Å². The minimum absolute atomic E-state index is 0.00406. The molecule has 0 aliphatic rings. The zero-order valence-electron chi connectivity index (χ0n) is 17.0. The highest BCUT2D eigenvalue weighted by Gasteiger charge is 2.18. The van der Waals surface area contributed by atoms with Gasteiger partial charge in [0.15, 0.2) is 0 Å². The fourth-order valence-corrected chi connectivity index (χ4v) is 3.39. The Balaban J connectivity index is 1.55. The number of aromatic hydroxyl groups is 1. The number of phenolic OH excluding ortho intramolecular Hbond substituents is 1. The molecule has 0 bridgehead atoms.